The first kappa shape index (κ1) is 9.67. The molecule has 12 heavy (non-hydrogen) atoms. The van der Waals surface area contributed by atoms with E-state index in [-0.39, 0.29) is 32.7 Å². The Morgan fingerprint density at radius 2 is 2.08 bits per heavy atom. The zero-order valence-corrected chi connectivity index (χ0v) is 9.65. The third-order valence-corrected chi connectivity index (χ3v) is 1.51. The standard InChI is InChI=1S/C6H6N5.Y/c1-4-5-6(8-3-7-4)11(2)10-9-5;/h1-2H3;/q-1;. The second-order valence-electron chi connectivity index (χ2n) is 2.29. The van der Waals surface area contributed by atoms with Crippen LogP contribution in [0, 0.1) is 13.3 Å². The summed E-state index contributed by atoms with van der Waals surface area (Å²) in [6, 6.07) is 0. The van der Waals surface area contributed by atoms with Gasteiger partial charge in [-0.3, -0.25) is 4.68 Å². The van der Waals surface area contributed by atoms with E-state index in [1.165, 1.54) is 0 Å². The molecule has 1 radical (unpaired) electrons. The van der Waals surface area contributed by atoms with Gasteiger partial charge < -0.3 is 9.97 Å². The fourth-order valence-electron chi connectivity index (χ4n) is 0.912. The molecule has 0 amide bonds. The van der Waals surface area contributed by atoms with Crippen LogP contribution in [0.25, 0.3) is 11.2 Å². The van der Waals surface area contributed by atoms with Crippen molar-refractivity contribution in [2.75, 3.05) is 0 Å². The SMILES string of the molecule is Cc1n[c-]nc2c1nnn2C.[Y]. The molecule has 6 heteroatoms. The molecule has 0 fully saturated rings. The minimum atomic E-state index is 0. The molecule has 0 saturated heterocycles. The summed E-state index contributed by atoms with van der Waals surface area (Å²) in [6.45, 7) is 1.86. The minimum absolute atomic E-state index is 0. The Morgan fingerprint density at radius 3 is 2.75 bits per heavy atom. The second kappa shape index (κ2) is 3.53. The van der Waals surface area contributed by atoms with Gasteiger partial charge in [0.25, 0.3) is 0 Å². The molecule has 2 aromatic heterocycles. The van der Waals surface area contributed by atoms with Gasteiger partial charge in [0.1, 0.15) is 0 Å². The van der Waals surface area contributed by atoms with Gasteiger partial charge >= 0.3 is 0 Å². The Hall–Kier alpha value is -0.416. The summed E-state index contributed by atoms with van der Waals surface area (Å²) in [5.74, 6) is 0. The molecule has 59 valence electrons. The second-order valence-corrected chi connectivity index (χ2v) is 2.29. The van der Waals surface area contributed by atoms with Gasteiger partial charge in [-0.15, -0.1) is 0 Å². The summed E-state index contributed by atoms with van der Waals surface area (Å²) in [7, 11) is 1.79. The molecule has 0 N–H and O–H groups in total. The summed E-state index contributed by atoms with van der Waals surface area (Å²) in [4.78, 5) is 7.77. The third kappa shape index (κ3) is 1.38. The number of aryl methyl sites for hydroxylation is 2. The Labute approximate surface area is 94.5 Å². The zero-order chi connectivity index (χ0) is 7.84. The fraction of sp³-hybridized carbons (Fsp3) is 0.333. The predicted octanol–water partition coefficient (Wildman–Crippen LogP) is -0.136. The normalized spacial score (nSPS) is 9.83. The Kier molecular flexibility index (Phi) is 2.85. The van der Waals surface area contributed by atoms with Crippen molar-refractivity contribution in [1.29, 1.82) is 0 Å². The van der Waals surface area contributed by atoms with Crippen molar-refractivity contribution >= 4 is 11.2 Å². The van der Waals surface area contributed by atoms with Crippen LogP contribution in [0.5, 0.6) is 0 Å². The molecule has 0 bridgehead atoms. The fourth-order valence-corrected chi connectivity index (χ4v) is 0.912. The van der Waals surface area contributed by atoms with Crippen molar-refractivity contribution < 1.29 is 32.7 Å². The number of rotatable bonds is 0. The summed E-state index contributed by atoms with van der Waals surface area (Å²) in [5.41, 5.74) is 2.27. The van der Waals surface area contributed by atoms with Gasteiger partial charge in [-0.1, -0.05) is 12.1 Å². The van der Waals surface area contributed by atoms with Crippen LogP contribution >= 0.6 is 0 Å². The van der Waals surface area contributed by atoms with Crippen LogP contribution in [0.2, 0.25) is 0 Å². The molecule has 0 aromatic carbocycles. The molecule has 0 spiro atoms. The van der Waals surface area contributed by atoms with Crippen molar-refractivity contribution in [3.63, 3.8) is 0 Å². The van der Waals surface area contributed by atoms with E-state index >= 15 is 0 Å². The molecule has 2 rings (SSSR count). The van der Waals surface area contributed by atoms with Crippen LogP contribution in [0.4, 0.5) is 0 Å². The van der Waals surface area contributed by atoms with Gasteiger partial charge in [0, 0.05) is 51.6 Å². The van der Waals surface area contributed by atoms with E-state index in [1.807, 2.05) is 6.92 Å². The smallest absolute Gasteiger partial charge is 0.0675 e. The average molecular weight is 237 g/mol. The van der Waals surface area contributed by atoms with Gasteiger partial charge in [-0.05, 0) is 5.69 Å². The molecule has 0 aliphatic carbocycles. The van der Waals surface area contributed by atoms with E-state index in [9.17, 15) is 0 Å². The molecule has 0 saturated carbocycles. The molecule has 0 unspecified atom stereocenters. The predicted molar refractivity (Wildman–Crippen MR) is 37.7 cm³/mol. The van der Waals surface area contributed by atoms with Crippen LogP contribution in [0.15, 0.2) is 0 Å². The van der Waals surface area contributed by atoms with E-state index in [2.05, 4.69) is 26.6 Å². The first-order valence-electron chi connectivity index (χ1n) is 3.19. The maximum Gasteiger partial charge on any atom is 0.0675 e. The molecule has 0 atom stereocenters. The van der Waals surface area contributed by atoms with E-state index in [0.29, 0.717) is 0 Å². The molecule has 2 aromatic rings. The Balaban J connectivity index is 0.000000720. The van der Waals surface area contributed by atoms with Crippen molar-refractivity contribution in [1.82, 2.24) is 25.0 Å². The zero-order valence-electron chi connectivity index (χ0n) is 6.81. The number of hydrogen-bond donors (Lipinski definition) is 0. The van der Waals surface area contributed by atoms with Crippen molar-refractivity contribution in [2.24, 2.45) is 7.05 Å². The molecule has 0 aliphatic rings. The van der Waals surface area contributed by atoms with Crippen LogP contribution in [0.1, 0.15) is 5.69 Å². The Morgan fingerprint density at radius 1 is 1.33 bits per heavy atom. The number of hydrogen-bond acceptors (Lipinski definition) is 4. The van der Waals surface area contributed by atoms with Crippen LogP contribution in [-0.4, -0.2) is 25.0 Å². The summed E-state index contributed by atoms with van der Waals surface area (Å²) < 4.78 is 1.60. The van der Waals surface area contributed by atoms with Gasteiger partial charge in [-0.25, -0.2) is 0 Å². The van der Waals surface area contributed by atoms with Gasteiger partial charge in [0.05, 0.1) is 5.65 Å². The topological polar surface area (TPSA) is 56.5 Å². The molecule has 0 aliphatic heterocycles. The van der Waals surface area contributed by atoms with Gasteiger partial charge in [-0.2, -0.15) is 5.10 Å². The van der Waals surface area contributed by atoms with Crippen molar-refractivity contribution in [3.05, 3.63) is 12.0 Å². The Bertz CT molecular complexity index is 396. The van der Waals surface area contributed by atoms with E-state index in [0.717, 1.165) is 16.9 Å². The maximum atomic E-state index is 3.90. The largest absolute Gasteiger partial charge is 0.369 e. The third-order valence-electron chi connectivity index (χ3n) is 1.51. The minimum Gasteiger partial charge on any atom is -0.369 e. The van der Waals surface area contributed by atoms with E-state index < -0.39 is 0 Å². The first-order chi connectivity index (χ1) is 5.29. The quantitative estimate of drug-likeness (QED) is 0.598. The molecule has 2 heterocycles. The van der Waals surface area contributed by atoms with Crippen molar-refractivity contribution in [3.8, 4) is 0 Å². The number of nitrogens with zero attached hydrogens (tertiary/aromatic N) is 5. The van der Waals surface area contributed by atoms with Crippen LogP contribution < -0.4 is 0 Å². The molecular weight excluding hydrogens is 231 g/mol. The average Bonchev–Trinajstić information content (AvgIpc) is 2.35. The van der Waals surface area contributed by atoms with Gasteiger partial charge in [0.15, 0.2) is 0 Å². The van der Waals surface area contributed by atoms with Crippen LogP contribution in [-0.2, 0) is 39.8 Å². The number of aromatic nitrogens is 5. The van der Waals surface area contributed by atoms with Gasteiger partial charge in [0.2, 0.25) is 0 Å². The van der Waals surface area contributed by atoms with Crippen molar-refractivity contribution in [2.45, 2.75) is 6.92 Å². The monoisotopic (exact) mass is 237 g/mol. The van der Waals surface area contributed by atoms with Crippen LogP contribution in [0.3, 0.4) is 0 Å². The molecule has 5 nitrogen and oxygen atoms in total. The molecular formula is C6H6N5Y-. The first-order valence-corrected chi connectivity index (χ1v) is 3.19. The van der Waals surface area contributed by atoms with E-state index in [1.54, 1.807) is 11.7 Å². The summed E-state index contributed by atoms with van der Waals surface area (Å²) in [6.07, 6.45) is 2.53. The number of fused-ring (bicyclic) bond motifs is 1. The van der Waals surface area contributed by atoms with E-state index in [4.69, 9.17) is 0 Å². The summed E-state index contributed by atoms with van der Waals surface area (Å²) >= 11 is 0. The maximum absolute atomic E-state index is 3.90. The summed E-state index contributed by atoms with van der Waals surface area (Å²) in [5, 5.41) is 7.69.